The molecule has 1 saturated carbocycles. The van der Waals surface area contributed by atoms with Crippen molar-refractivity contribution in [1.29, 1.82) is 5.26 Å². The van der Waals surface area contributed by atoms with Crippen molar-refractivity contribution in [3.05, 3.63) is 147 Å². The lowest BCUT2D eigenvalue weighted by Gasteiger charge is -2.40. The second-order valence-corrected chi connectivity index (χ2v) is 15.8. The molecule has 5 aromatic rings. The first-order valence-electron chi connectivity index (χ1n) is 19.3. The minimum absolute atomic E-state index is 0.0289. The average molecular weight is 830 g/mol. The molecule has 298 valence electrons. The number of carboxylic acids is 1. The molecule has 3 N–H and O–H groups in total. The van der Waals surface area contributed by atoms with E-state index in [4.69, 9.17) is 37.9 Å². The van der Waals surface area contributed by atoms with Crippen molar-refractivity contribution in [2.24, 2.45) is 5.92 Å². The molecule has 13 heteroatoms. The molecule has 2 unspecified atom stereocenters. The van der Waals surface area contributed by atoms with Crippen LogP contribution in [0.5, 0.6) is 11.5 Å². The molecule has 0 radical (unpaired) electrons. The predicted octanol–water partition coefficient (Wildman–Crippen LogP) is 8.05. The molecule has 3 atom stereocenters. The molecule has 59 heavy (non-hydrogen) atoms. The van der Waals surface area contributed by atoms with Gasteiger partial charge in [-0.1, -0.05) is 84.2 Å². The summed E-state index contributed by atoms with van der Waals surface area (Å²) in [6.45, 7) is 0.396. The topological polar surface area (TPSA) is 158 Å². The Morgan fingerprint density at radius 2 is 1.59 bits per heavy atom. The van der Waals surface area contributed by atoms with E-state index in [0.717, 1.165) is 47.1 Å². The Labute approximate surface area is 350 Å². The van der Waals surface area contributed by atoms with Gasteiger partial charge < -0.3 is 30.1 Å². The Bertz CT molecular complexity index is 2480. The molecular formula is C46H38Cl2N4O7. The number of ether oxygens (including phenoxy) is 2. The van der Waals surface area contributed by atoms with Gasteiger partial charge in [-0.2, -0.15) is 5.26 Å². The van der Waals surface area contributed by atoms with E-state index >= 15 is 0 Å². The molecule has 1 fully saturated rings. The number of halogens is 2. The quantitative estimate of drug-likeness (QED) is 0.121. The first kappa shape index (κ1) is 39.5. The van der Waals surface area contributed by atoms with Gasteiger partial charge in [-0.25, -0.2) is 4.79 Å². The van der Waals surface area contributed by atoms with Gasteiger partial charge in [-0.05, 0) is 94.8 Å². The van der Waals surface area contributed by atoms with Crippen LogP contribution in [0.2, 0.25) is 10.0 Å². The van der Waals surface area contributed by atoms with Gasteiger partial charge in [0.15, 0.2) is 0 Å². The molecule has 3 aliphatic rings. The first-order chi connectivity index (χ1) is 28.5. The number of nitriles is 1. The lowest BCUT2D eigenvalue weighted by atomic mass is 9.82. The van der Waals surface area contributed by atoms with Crippen LogP contribution in [-0.4, -0.2) is 45.8 Å². The van der Waals surface area contributed by atoms with Crippen LogP contribution < -0.4 is 20.1 Å². The lowest BCUT2D eigenvalue weighted by Crippen LogP contribution is -2.57. The fraction of sp³-hybridized carbons (Fsp3) is 0.239. The Morgan fingerprint density at radius 1 is 0.898 bits per heavy atom. The van der Waals surface area contributed by atoms with Crippen molar-refractivity contribution < 1.29 is 33.8 Å². The predicted molar refractivity (Wildman–Crippen MR) is 221 cm³/mol. The summed E-state index contributed by atoms with van der Waals surface area (Å²) < 4.78 is 12.2. The standard InChI is InChI=1S/C46H38Cl2N4O7/c47-36-17-8-28(18-37(36)48)25-58-35-15-13-31(14-16-35)42-44(54)50-38-20-33-21-40(52(45(55)32-2-1-3-32)24-34(33)22-41(38)59-42)43(53)51-39(46(56)57)19-26-4-9-29(10-5-26)30-11-6-27(23-49)7-12-30/h4-18,20,22,32,39-40,42H,1-3,19,21,24-25H2,(H,50,54)(H,51,53)(H,56,57)/t39-,40?,42?/m0/s1. The summed E-state index contributed by atoms with van der Waals surface area (Å²) in [6.07, 6.45) is 1.60. The third kappa shape index (κ3) is 8.60. The number of hydrogen-bond donors (Lipinski definition) is 3. The highest BCUT2D eigenvalue weighted by Crippen LogP contribution is 2.41. The van der Waals surface area contributed by atoms with Crippen molar-refractivity contribution >= 4 is 52.6 Å². The maximum Gasteiger partial charge on any atom is 0.326 e. The summed E-state index contributed by atoms with van der Waals surface area (Å²) in [5.74, 6) is -1.45. The van der Waals surface area contributed by atoms with Gasteiger partial charge in [0.25, 0.3) is 5.91 Å². The van der Waals surface area contributed by atoms with Crippen molar-refractivity contribution in [2.75, 3.05) is 5.32 Å². The summed E-state index contributed by atoms with van der Waals surface area (Å²) in [5.41, 5.74) is 6.50. The maximum atomic E-state index is 14.0. The highest BCUT2D eigenvalue weighted by molar-refractivity contribution is 6.42. The van der Waals surface area contributed by atoms with Crippen LogP contribution in [0.25, 0.3) is 11.1 Å². The first-order valence-corrected chi connectivity index (χ1v) is 20.0. The molecule has 0 bridgehead atoms. The molecule has 0 spiro atoms. The van der Waals surface area contributed by atoms with Crippen LogP contribution in [0, 0.1) is 17.2 Å². The molecule has 2 heterocycles. The smallest absolute Gasteiger partial charge is 0.326 e. The molecule has 5 aromatic carbocycles. The van der Waals surface area contributed by atoms with E-state index in [1.807, 2.05) is 48.5 Å². The van der Waals surface area contributed by atoms with Crippen molar-refractivity contribution in [3.63, 3.8) is 0 Å². The number of carbonyl (C=O) groups is 4. The molecule has 2 aliphatic heterocycles. The van der Waals surface area contributed by atoms with Crippen LogP contribution in [0.15, 0.2) is 103 Å². The van der Waals surface area contributed by atoms with Gasteiger partial charge in [-0.15, -0.1) is 0 Å². The third-order valence-electron chi connectivity index (χ3n) is 11.1. The lowest BCUT2D eigenvalue weighted by molar-refractivity contribution is -0.148. The van der Waals surface area contributed by atoms with E-state index in [9.17, 15) is 24.3 Å². The van der Waals surface area contributed by atoms with Crippen LogP contribution in [0.3, 0.4) is 0 Å². The number of fused-ring (bicyclic) bond motifs is 2. The zero-order valence-electron chi connectivity index (χ0n) is 31.6. The summed E-state index contributed by atoms with van der Waals surface area (Å²) in [7, 11) is 0. The van der Waals surface area contributed by atoms with Crippen LogP contribution in [-0.2, 0) is 45.2 Å². The van der Waals surface area contributed by atoms with Gasteiger partial charge in [0.2, 0.25) is 17.9 Å². The zero-order chi connectivity index (χ0) is 41.2. The van der Waals surface area contributed by atoms with E-state index in [2.05, 4.69) is 16.7 Å². The molecule has 11 nitrogen and oxygen atoms in total. The van der Waals surface area contributed by atoms with Crippen LogP contribution in [0.1, 0.15) is 58.7 Å². The van der Waals surface area contributed by atoms with Crippen molar-refractivity contribution in [3.8, 4) is 28.7 Å². The van der Waals surface area contributed by atoms with Gasteiger partial charge in [0, 0.05) is 30.9 Å². The monoisotopic (exact) mass is 828 g/mol. The Hall–Kier alpha value is -6.35. The summed E-state index contributed by atoms with van der Waals surface area (Å²) >= 11 is 12.1. The maximum absolute atomic E-state index is 14.0. The second kappa shape index (κ2) is 16.9. The number of aliphatic carboxylic acids is 1. The largest absolute Gasteiger partial charge is 0.489 e. The fourth-order valence-corrected chi connectivity index (χ4v) is 7.89. The van der Waals surface area contributed by atoms with E-state index in [1.54, 1.807) is 59.5 Å². The van der Waals surface area contributed by atoms with Crippen LogP contribution in [0.4, 0.5) is 5.69 Å². The van der Waals surface area contributed by atoms with Crippen molar-refractivity contribution in [2.45, 2.75) is 63.4 Å². The number of rotatable bonds is 11. The number of carbonyl (C=O) groups excluding carboxylic acids is 3. The Morgan fingerprint density at radius 3 is 2.24 bits per heavy atom. The van der Waals surface area contributed by atoms with Gasteiger partial charge in [-0.3, -0.25) is 14.4 Å². The Kier molecular flexibility index (Phi) is 11.3. The zero-order valence-corrected chi connectivity index (χ0v) is 33.1. The number of hydrogen-bond acceptors (Lipinski definition) is 7. The molecule has 0 saturated heterocycles. The van der Waals surface area contributed by atoms with E-state index in [1.165, 1.54) is 0 Å². The molecule has 1 aliphatic carbocycles. The van der Waals surface area contributed by atoms with Crippen molar-refractivity contribution in [1.82, 2.24) is 10.2 Å². The van der Waals surface area contributed by atoms with Gasteiger partial charge >= 0.3 is 5.97 Å². The molecule has 8 rings (SSSR count). The number of nitrogens with zero attached hydrogens (tertiary/aromatic N) is 2. The Balaban J connectivity index is 0.964. The summed E-state index contributed by atoms with van der Waals surface area (Å²) in [4.78, 5) is 55.4. The minimum atomic E-state index is -1.25. The van der Waals surface area contributed by atoms with Crippen LogP contribution >= 0.6 is 23.2 Å². The fourth-order valence-electron chi connectivity index (χ4n) is 7.57. The molecule has 3 amide bonds. The number of benzene rings is 5. The van der Waals surface area contributed by atoms with E-state index in [0.29, 0.717) is 43.9 Å². The SMILES string of the molecule is N#Cc1ccc(-c2ccc(C[C@H](NC(=O)C3Cc4cc5c(cc4CN3C(=O)C3CCC3)OC(c3ccc(OCc4ccc(Cl)c(Cl)c4)cc3)C(=O)N5)C(=O)O)cc2)cc1. The average Bonchev–Trinajstić information content (AvgIpc) is 3.22. The molecular weight excluding hydrogens is 791 g/mol. The van der Waals surface area contributed by atoms with Gasteiger partial charge in [0.1, 0.15) is 30.2 Å². The second-order valence-electron chi connectivity index (χ2n) is 15.0. The van der Waals surface area contributed by atoms with E-state index < -0.39 is 30.1 Å². The summed E-state index contributed by atoms with van der Waals surface area (Å²) in [6, 6.07) is 30.3. The number of amides is 3. The third-order valence-corrected chi connectivity index (χ3v) is 11.9. The number of carboxylic acid groups (broad SMARTS) is 1. The number of nitrogens with one attached hydrogen (secondary N) is 2. The molecule has 0 aromatic heterocycles. The highest BCUT2D eigenvalue weighted by Gasteiger charge is 2.41. The highest BCUT2D eigenvalue weighted by atomic mass is 35.5. The van der Waals surface area contributed by atoms with Gasteiger partial charge in [0.05, 0.1) is 27.4 Å². The van der Waals surface area contributed by atoms with E-state index in [-0.39, 0.29) is 43.7 Å². The normalized spacial score (nSPS) is 17.5. The minimum Gasteiger partial charge on any atom is -0.489 e. The number of anilines is 1. The summed E-state index contributed by atoms with van der Waals surface area (Å²) in [5, 5.41) is 25.9.